The minimum absolute atomic E-state index is 0.283. The van der Waals surface area contributed by atoms with E-state index in [0.29, 0.717) is 41.5 Å². The number of nitrogens with one attached hydrogen (secondary N) is 1. The van der Waals surface area contributed by atoms with Crippen molar-refractivity contribution in [3.63, 3.8) is 0 Å². The third-order valence-corrected chi connectivity index (χ3v) is 4.13. The second kappa shape index (κ2) is 6.73. The van der Waals surface area contributed by atoms with E-state index in [1.165, 1.54) is 13.2 Å². The lowest BCUT2D eigenvalue weighted by Gasteiger charge is -2.39. The molecule has 1 aromatic rings. The van der Waals surface area contributed by atoms with Crippen molar-refractivity contribution in [3.05, 3.63) is 22.7 Å². The average molecular weight is 325 g/mol. The molecule has 0 bridgehead atoms. The Bertz CT molecular complexity index is 617. The van der Waals surface area contributed by atoms with Gasteiger partial charge >= 0.3 is 6.09 Å². The van der Waals surface area contributed by atoms with E-state index in [4.69, 9.17) is 32.4 Å². The smallest absolute Gasteiger partial charge is 0.404 e. The normalized spacial score (nSPS) is 21.2. The molecule has 0 aliphatic carbocycles. The maximum Gasteiger partial charge on any atom is 0.404 e. The van der Waals surface area contributed by atoms with Gasteiger partial charge in [0.05, 0.1) is 40.2 Å². The first-order valence-corrected chi connectivity index (χ1v) is 7.10. The molecule has 118 valence electrons. The van der Waals surface area contributed by atoms with E-state index < -0.39 is 6.09 Å². The highest BCUT2D eigenvalue weighted by molar-refractivity contribution is 6.35. The van der Waals surface area contributed by atoms with Crippen LogP contribution < -0.4 is 16.0 Å². The molecule has 2 rings (SSSR count). The van der Waals surface area contributed by atoms with Gasteiger partial charge in [0.2, 0.25) is 0 Å². The fraction of sp³-hybridized carbons (Fsp3) is 0.429. The van der Waals surface area contributed by atoms with Crippen molar-refractivity contribution in [1.82, 2.24) is 5.32 Å². The minimum Gasteiger partial charge on any atom is -0.465 e. The van der Waals surface area contributed by atoms with Crippen LogP contribution in [-0.2, 0) is 4.74 Å². The molecule has 4 N–H and O–H groups in total. The fourth-order valence-electron chi connectivity index (χ4n) is 2.62. The van der Waals surface area contributed by atoms with Crippen LogP contribution >= 0.6 is 11.6 Å². The van der Waals surface area contributed by atoms with Crippen molar-refractivity contribution in [2.24, 2.45) is 0 Å². The summed E-state index contributed by atoms with van der Waals surface area (Å²) in [6.45, 7) is 1.04. The van der Waals surface area contributed by atoms with Crippen LogP contribution in [0.5, 0.6) is 0 Å². The number of methoxy groups -OCH3 is 1. The molecule has 0 aromatic heterocycles. The van der Waals surface area contributed by atoms with Crippen molar-refractivity contribution in [1.29, 1.82) is 5.26 Å². The Hall–Kier alpha value is -2.17. The Morgan fingerprint density at radius 1 is 1.64 bits per heavy atom. The molecule has 1 aromatic carbocycles. The van der Waals surface area contributed by atoms with Crippen LogP contribution in [0.2, 0.25) is 5.02 Å². The van der Waals surface area contributed by atoms with Gasteiger partial charge in [0.1, 0.15) is 0 Å². The Kier molecular flexibility index (Phi) is 4.96. The first kappa shape index (κ1) is 16.2. The monoisotopic (exact) mass is 324 g/mol. The molecule has 2 atom stereocenters. The molecule has 1 saturated heterocycles. The lowest BCUT2D eigenvalue weighted by atomic mass is 10.0. The van der Waals surface area contributed by atoms with Gasteiger partial charge in [-0.15, -0.1) is 0 Å². The van der Waals surface area contributed by atoms with Crippen molar-refractivity contribution in [2.45, 2.75) is 18.6 Å². The Labute approximate surface area is 133 Å². The van der Waals surface area contributed by atoms with Crippen molar-refractivity contribution in [2.75, 3.05) is 30.8 Å². The summed E-state index contributed by atoms with van der Waals surface area (Å²) in [5, 5.41) is 20.8. The summed E-state index contributed by atoms with van der Waals surface area (Å²) >= 11 is 6.24. The number of carboxylic acid groups (broad SMARTS) is 1. The molecule has 7 nitrogen and oxygen atoms in total. The van der Waals surface area contributed by atoms with E-state index in [-0.39, 0.29) is 12.1 Å². The van der Waals surface area contributed by atoms with E-state index in [2.05, 4.69) is 5.32 Å². The van der Waals surface area contributed by atoms with E-state index in [1.54, 1.807) is 6.07 Å². The SMILES string of the molecule is CO[C@@H]1CN(c2cc(C#N)cc(N)c2Cl)CC[C@H]1NC(=O)O. The zero-order chi connectivity index (χ0) is 16.3. The lowest BCUT2D eigenvalue weighted by molar-refractivity contribution is 0.0596. The van der Waals surface area contributed by atoms with Gasteiger partial charge in [-0.05, 0) is 18.6 Å². The number of hydrogen-bond donors (Lipinski definition) is 3. The van der Waals surface area contributed by atoms with Crippen LogP contribution in [0.15, 0.2) is 12.1 Å². The van der Waals surface area contributed by atoms with Crippen molar-refractivity contribution in [3.8, 4) is 6.07 Å². The molecular formula is C14H17ClN4O3. The number of halogens is 1. The molecule has 0 radical (unpaired) electrons. The third-order valence-electron chi connectivity index (χ3n) is 3.72. The van der Waals surface area contributed by atoms with Gasteiger partial charge in [-0.2, -0.15) is 5.26 Å². The van der Waals surface area contributed by atoms with Gasteiger partial charge in [0.15, 0.2) is 0 Å². The highest BCUT2D eigenvalue weighted by Crippen LogP contribution is 2.34. The fourth-order valence-corrected chi connectivity index (χ4v) is 2.85. The maximum absolute atomic E-state index is 10.8. The summed E-state index contributed by atoms with van der Waals surface area (Å²) in [7, 11) is 1.53. The standard InChI is InChI=1S/C14H17ClN4O3/c1-22-12-7-19(3-2-10(12)18-14(20)21)11-5-8(6-16)4-9(17)13(11)15/h4-5,10,12,18H,2-3,7,17H2,1H3,(H,20,21)/t10-,12-/m1/s1. The van der Waals surface area contributed by atoms with E-state index in [0.717, 1.165) is 0 Å². The number of ether oxygens (including phenoxy) is 1. The molecule has 8 heteroatoms. The number of nitriles is 1. The van der Waals surface area contributed by atoms with Crippen molar-refractivity contribution >= 4 is 29.1 Å². The summed E-state index contributed by atoms with van der Waals surface area (Å²) in [5.41, 5.74) is 7.26. The maximum atomic E-state index is 10.8. The van der Waals surface area contributed by atoms with Crippen LogP contribution in [0, 0.1) is 11.3 Å². The van der Waals surface area contributed by atoms with Crippen LogP contribution in [-0.4, -0.2) is 43.5 Å². The van der Waals surface area contributed by atoms with Gasteiger partial charge in [0, 0.05) is 20.2 Å². The first-order valence-electron chi connectivity index (χ1n) is 6.72. The number of piperidine rings is 1. The number of amides is 1. The average Bonchev–Trinajstić information content (AvgIpc) is 2.49. The Morgan fingerprint density at radius 3 is 2.95 bits per heavy atom. The van der Waals surface area contributed by atoms with Gasteiger partial charge in [-0.3, -0.25) is 0 Å². The zero-order valence-corrected chi connectivity index (χ0v) is 12.8. The molecule has 1 aliphatic rings. The van der Waals surface area contributed by atoms with Crippen LogP contribution in [0.4, 0.5) is 16.2 Å². The van der Waals surface area contributed by atoms with Crippen LogP contribution in [0.1, 0.15) is 12.0 Å². The molecule has 1 amide bonds. The second-order valence-corrected chi connectivity index (χ2v) is 5.45. The molecule has 1 heterocycles. The first-order chi connectivity index (χ1) is 10.5. The number of rotatable bonds is 3. The van der Waals surface area contributed by atoms with E-state index in [9.17, 15) is 4.79 Å². The highest BCUT2D eigenvalue weighted by atomic mass is 35.5. The number of nitrogens with two attached hydrogens (primary N) is 1. The highest BCUT2D eigenvalue weighted by Gasteiger charge is 2.31. The summed E-state index contributed by atoms with van der Waals surface area (Å²) in [6.07, 6.45) is -0.820. The van der Waals surface area contributed by atoms with Gasteiger partial charge in [-0.1, -0.05) is 11.6 Å². The molecule has 0 saturated carbocycles. The Balaban J connectivity index is 2.23. The predicted molar refractivity (Wildman–Crippen MR) is 83.2 cm³/mol. The van der Waals surface area contributed by atoms with Crippen molar-refractivity contribution < 1.29 is 14.6 Å². The quantitative estimate of drug-likeness (QED) is 0.729. The third kappa shape index (κ3) is 3.35. The molecular weight excluding hydrogens is 308 g/mol. The Morgan fingerprint density at radius 2 is 2.36 bits per heavy atom. The number of hydrogen-bond acceptors (Lipinski definition) is 5. The lowest BCUT2D eigenvalue weighted by Crippen LogP contribution is -2.54. The van der Waals surface area contributed by atoms with Gasteiger partial charge < -0.3 is 25.8 Å². The van der Waals surface area contributed by atoms with Gasteiger partial charge in [0.25, 0.3) is 0 Å². The second-order valence-electron chi connectivity index (χ2n) is 5.08. The van der Waals surface area contributed by atoms with Crippen LogP contribution in [0.3, 0.4) is 0 Å². The number of benzene rings is 1. The number of nitrogens with zero attached hydrogens (tertiary/aromatic N) is 2. The summed E-state index contributed by atoms with van der Waals surface area (Å²) in [6, 6.07) is 4.97. The summed E-state index contributed by atoms with van der Waals surface area (Å²) in [4.78, 5) is 12.8. The molecule has 22 heavy (non-hydrogen) atoms. The largest absolute Gasteiger partial charge is 0.465 e. The van der Waals surface area contributed by atoms with E-state index in [1.807, 2.05) is 11.0 Å². The summed E-state index contributed by atoms with van der Waals surface area (Å²) in [5.74, 6) is 0. The number of nitrogen functional groups attached to an aromatic ring is 1. The summed E-state index contributed by atoms with van der Waals surface area (Å²) < 4.78 is 5.38. The topological polar surface area (TPSA) is 112 Å². The molecule has 0 unspecified atom stereocenters. The number of anilines is 2. The predicted octanol–water partition coefficient (Wildman–Crippen LogP) is 1.66. The molecule has 1 fully saturated rings. The zero-order valence-electron chi connectivity index (χ0n) is 12.0. The van der Waals surface area contributed by atoms with Gasteiger partial charge in [-0.25, -0.2) is 4.79 Å². The molecule has 1 aliphatic heterocycles. The minimum atomic E-state index is -1.07. The molecule has 0 spiro atoms. The van der Waals surface area contributed by atoms with E-state index >= 15 is 0 Å². The van der Waals surface area contributed by atoms with Crippen LogP contribution in [0.25, 0.3) is 0 Å². The number of carbonyl (C=O) groups is 1.